The van der Waals surface area contributed by atoms with E-state index in [1.807, 2.05) is 6.08 Å². The molecule has 3 atom stereocenters. The van der Waals surface area contributed by atoms with Gasteiger partial charge in [0.2, 0.25) is 5.91 Å². The Balaban J connectivity index is 3.53. The summed E-state index contributed by atoms with van der Waals surface area (Å²) in [4.78, 5) is 12.6. The van der Waals surface area contributed by atoms with Gasteiger partial charge >= 0.3 is 0 Å². The largest absolute Gasteiger partial charge is 0.394 e. The lowest BCUT2D eigenvalue weighted by Crippen LogP contribution is -2.48. The molecule has 0 rings (SSSR count). The molecule has 0 aliphatic carbocycles. The van der Waals surface area contributed by atoms with Crippen molar-refractivity contribution in [2.75, 3.05) is 6.61 Å². The molecule has 0 spiro atoms. The maximum atomic E-state index is 12.6. The molecule has 0 aliphatic rings. The summed E-state index contributed by atoms with van der Waals surface area (Å²) in [6, 6.07) is -0.822. The molecule has 5 heteroatoms. The minimum atomic E-state index is -1.11. The number of hydrogen-bond acceptors (Lipinski definition) is 4. The molecule has 0 aromatic carbocycles. The Hall–Kier alpha value is -1.69. The van der Waals surface area contributed by atoms with Gasteiger partial charge in [0.15, 0.2) is 0 Å². The summed E-state index contributed by atoms with van der Waals surface area (Å²) < 4.78 is 0. The van der Waals surface area contributed by atoms with E-state index >= 15 is 0 Å². The third-order valence-corrected chi connectivity index (χ3v) is 14.1. The first-order valence-electron chi connectivity index (χ1n) is 30.5. The molecule has 0 fully saturated rings. The first-order valence-corrected chi connectivity index (χ1v) is 30.5. The third-order valence-electron chi connectivity index (χ3n) is 14.1. The highest BCUT2D eigenvalue weighted by atomic mass is 16.3. The first-order chi connectivity index (χ1) is 33.6. The van der Waals surface area contributed by atoms with E-state index in [2.05, 4.69) is 55.6 Å². The Morgan fingerprint density at radius 1 is 0.353 bits per heavy atom. The number of aliphatic hydroxyl groups excluding tert-OH is 3. The van der Waals surface area contributed by atoms with Crippen LogP contribution in [0, 0.1) is 0 Å². The molecule has 0 radical (unpaired) electrons. The summed E-state index contributed by atoms with van der Waals surface area (Å²) in [6.45, 7) is 4.19. The fraction of sp³-hybridized carbons (Fsp3) is 0.857. The zero-order valence-corrected chi connectivity index (χ0v) is 45.7. The normalized spacial score (nSPS) is 13.5. The van der Waals surface area contributed by atoms with Crippen molar-refractivity contribution in [2.24, 2.45) is 0 Å². The van der Waals surface area contributed by atoms with E-state index in [0.717, 1.165) is 44.9 Å². The van der Waals surface area contributed by atoms with Gasteiger partial charge in [-0.2, -0.15) is 0 Å². The topological polar surface area (TPSA) is 89.8 Å². The molecule has 0 aromatic heterocycles. The predicted molar refractivity (Wildman–Crippen MR) is 301 cm³/mol. The van der Waals surface area contributed by atoms with Crippen molar-refractivity contribution < 1.29 is 20.1 Å². The number of aliphatic hydroxyl groups is 3. The molecule has 0 saturated heterocycles. The summed E-state index contributed by atoms with van der Waals surface area (Å²) >= 11 is 0. The standard InChI is InChI=1S/C63H119NO4/c1-3-5-7-9-11-13-15-17-19-21-23-24-25-26-27-28-29-30-31-32-33-34-35-36-37-38-39-40-42-44-46-48-50-52-54-56-58-62(67)63(68)64-60(59-65)61(66)57-55-53-51-49-47-45-43-41-22-20-18-16-14-12-10-8-6-4-2/h22,30-31,41,47,49,55,57,60-62,65-67H,3-21,23-29,32-40,42-46,48,50-54,56,58-59H2,1-2H3,(H,64,68)/b31-30-,41-22+,49-47+,57-55+. The average molecular weight is 955 g/mol. The van der Waals surface area contributed by atoms with Crippen LogP contribution in [0.15, 0.2) is 48.6 Å². The minimum Gasteiger partial charge on any atom is -0.394 e. The van der Waals surface area contributed by atoms with Crippen molar-refractivity contribution in [3.05, 3.63) is 48.6 Å². The Kier molecular flexibility index (Phi) is 56.4. The highest BCUT2D eigenvalue weighted by Gasteiger charge is 2.22. The monoisotopic (exact) mass is 954 g/mol. The molecule has 0 aliphatic heterocycles. The van der Waals surface area contributed by atoms with Gasteiger partial charge < -0.3 is 20.6 Å². The van der Waals surface area contributed by atoms with Crippen LogP contribution in [0.5, 0.6) is 0 Å². The fourth-order valence-corrected chi connectivity index (χ4v) is 9.39. The van der Waals surface area contributed by atoms with Gasteiger partial charge in [0.05, 0.1) is 18.8 Å². The van der Waals surface area contributed by atoms with Gasteiger partial charge in [-0.25, -0.2) is 0 Å². The predicted octanol–water partition coefficient (Wildman–Crippen LogP) is 19.2. The molecule has 4 N–H and O–H groups in total. The van der Waals surface area contributed by atoms with Crippen molar-refractivity contribution in [2.45, 2.75) is 340 Å². The molecule has 0 heterocycles. The van der Waals surface area contributed by atoms with Crippen molar-refractivity contribution in [3.63, 3.8) is 0 Å². The Labute approximate surface area is 425 Å². The lowest BCUT2D eigenvalue weighted by Gasteiger charge is -2.21. The molecular formula is C63H119NO4. The number of rotatable bonds is 56. The molecule has 400 valence electrons. The van der Waals surface area contributed by atoms with E-state index in [-0.39, 0.29) is 6.61 Å². The van der Waals surface area contributed by atoms with Crippen LogP contribution in [0.3, 0.4) is 0 Å². The van der Waals surface area contributed by atoms with E-state index in [1.54, 1.807) is 6.08 Å². The Bertz CT molecular complexity index is 1100. The second kappa shape index (κ2) is 57.9. The van der Waals surface area contributed by atoms with Crippen LogP contribution >= 0.6 is 0 Å². The van der Waals surface area contributed by atoms with Crippen molar-refractivity contribution in [3.8, 4) is 0 Å². The quantitative estimate of drug-likeness (QED) is 0.0361. The zero-order valence-electron chi connectivity index (χ0n) is 45.7. The van der Waals surface area contributed by atoms with E-state index in [4.69, 9.17) is 0 Å². The number of unbranched alkanes of at least 4 members (excludes halogenated alkanes) is 42. The fourth-order valence-electron chi connectivity index (χ4n) is 9.39. The highest BCUT2D eigenvalue weighted by molar-refractivity contribution is 5.80. The minimum absolute atomic E-state index is 0.380. The van der Waals surface area contributed by atoms with Crippen LogP contribution in [-0.2, 0) is 4.79 Å². The maximum absolute atomic E-state index is 12.6. The highest BCUT2D eigenvalue weighted by Crippen LogP contribution is 2.17. The number of allylic oxidation sites excluding steroid dienone is 7. The van der Waals surface area contributed by atoms with Crippen LogP contribution in [0.1, 0.15) is 322 Å². The van der Waals surface area contributed by atoms with Crippen molar-refractivity contribution >= 4 is 5.91 Å². The SMILES string of the molecule is CCCCCCCCCC/C=C/CC/C=C/CC/C=C/C(O)C(CO)NC(=O)C(O)CCCCCCCCCCCCCCCCCC/C=C\CCCCCCCCCCCCCCCCCC. The first kappa shape index (κ1) is 66.3. The van der Waals surface area contributed by atoms with Crippen molar-refractivity contribution in [1.82, 2.24) is 5.32 Å². The molecular weight excluding hydrogens is 835 g/mol. The van der Waals surface area contributed by atoms with Gasteiger partial charge in [0.1, 0.15) is 6.10 Å². The van der Waals surface area contributed by atoms with Crippen LogP contribution in [0.2, 0.25) is 0 Å². The number of carbonyl (C=O) groups is 1. The van der Waals surface area contributed by atoms with Gasteiger partial charge in [-0.15, -0.1) is 0 Å². The van der Waals surface area contributed by atoms with Gasteiger partial charge in [-0.3, -0.25) is 4.79 Å². The van der Waals surface area contributed by atoms with Gasteiger partial charge in [-0.05, 0) is 70.6 Å². The zero-order chi connectivity index (χ0) is 49.3. The number of nitrogens with one attached hydrogen (secondary N) is 1. The average Bonchev–Trinajstić information content (AvgIpc) is 3.34. The van der Waals surface area contributed by atoms with E-state index in [0.29, 0.717) is 6.42 Å². The summed E-state index contributed by atoms with van der Waals surface area (Å²) in [5.74, 6) is -0.514. The summed E-state index contributed by atoms with van der Waals surface area (Å²) in [7, 11) is 0. The van der Waals surface area contributed by atoms with Gasteiger partial charge in [-0.1, -0.05) is 300 Å². The summed E-state index contributed by atoms with van der Waals surface area (Å²) in [6.07, 6.45) is 77.9. The maximum Gasteiger partial charge on any atom is 0.249 e. The molecule has 68 heavy (non-hydrogen) atoms. The lowest BCUT2D eigenvalue weighted by molar-refractivity contribution is -0.131. The second-order valence-corrected chi connectivity index (χ2v) is 20.9. The Morgan fingerprint density at radius 2 is 0.603 bits per heavy atom. The number of amides is 1. The summed E-state index contributed by atoms with van der Waals surface area (Å²) in [5, 5.41) is 33.3. The number of carbonyl (C=O) groups excluding carboxylic acids is 1. The van der Waals surface area contributed by atoms with Gasteiger partial charge in [0.25, 0.3) is 0 Å². The van der Waals surface area contributed by atoms with E-state index < -0.39 is 24.2 Å². The summed E-state index contributed by atoms with van der Waals surface area (Å²) in [5.41, 5.74) is 0. The Morgan fingerprint density at radius 3 is 0.897 bits per heavy atom. The van der Waals surface area contributed by atoms with Crippen molar-refractivity contribution in [1.29, 1.82) is 0 Å². The molecule has 0 bridgehead atoms. The molecule has 0 saturated carbocycles. The van der Waals surface area contributed by atoms with Crippen LogP contribution in [0.4, 0.5) is 0 Å². The molecule has 3 unspecified atom stereocenters. The molecule has 5 nitrogen and oxygen atoms in total. The smallest absolute Gasteiger partial charge is 0.249 e. The lowest BCUT2D eigenvalue weighted by atomic mass is 10.0. The van der Waals surface area contributed by atoms with E-state index in [9.17, 15) is 20.1 Å². The molecule has 0 aromatic rings. The molecule has 1 amide bonds. The second-order valence-electron chi connectivity index (χ2n) is 20.9. The van der Waals surface area contributed by atoms with Crippen LogP contribution in [0.25, 0.3) is 0 Å². The van der Waals surface area contributed by atoms with Crippen LogP contribution in [-0.4, -0.2) is 46.1 Å². The number of hydrogen-bond donors (Lipinski definition) is 4. The van der Waals surface area contributed by atoms with E-state index in [1.165, 1.54) is 257 Å². The third kappa shape index (κ3) is 52.1. The van der Waals surface area contributed by atoms with Crippen LogP contribution < -0.4 is 5.32 Å². The van der Waals surface area contributed by atoms with Gasteiger partial charge in [0, 0.05) is 0 Å².